The monoisotopic (exact) mass is 343 g/mol. The Hall–Kier alpha value is -3.55. The number of amides is 2. The van der Waals surface area contributed by atoms with Gasteiger partial charge in [-0.15, -0.1) is 0 Å². The Morgan fingerprint density at radius 3 is 2.60 bits per heavy atom. The van der Waals surface area contributed by atoms with Crippen LogP contribution in [-0.4, -0.2) is 16.7 Å². The molecule has 0 aromatic heterocycles. The number of nitro benzene ring substituents is 1. The van der Waals surface area contributed by atoms with Gasteiger partial charge >= 0.3 is 0 Å². The number of nitro groups is 1. The smallest absolute Gasteiger partial charge is 0.270 e. The van der Waals surface area contributed by atoms with E-state index in [4.69, 9.17) is 0 Å². The van der Waals surface area contributed by atoms with Gasteiger partial charge < -0.3 is 10.6 Å². The molecule has 2 amide bonds. The molecule has 0 heterocycles. The molecule has 0 spiro atoms. The number of nitrogens with zero attached hydrogens (tertiary/aromatic N) is 1. The Morgan fingerprint density at radius 2 is 1.92 bits per heavy atom. The van der Waals surface area contributed by atoms with Crippen molar-refractivity contribution in [1.29, 1.82) is 0 Å². The van der Waals surface area contributed by atoms with Gasteiger partial charge in [0.15, 0.2) is 0 Å². The first kappa shape index (κ1) is 17.8. The first-order valence-corrected chi connectivity index (χ1v) is 7.16. The van der Waals surface area contributed by atoms with E-state index < -0.39 is 16.6 Å². The van der Waals surface area contributed by atoms with E-state index >= 15 is 0 Å². The molecule has 0 radical (unpaired) electrons. The standard InChI is InChI=1S/C17H14FN3O4/c1-11(22)19-13-6-7-15(18)16(10-13)20-17(23)8-5-12-3-2-4-14(9-12)21(24)25/h2-10H,1H3,(H,19,22)(H,20,23)/b8-5+. The summed E-state index contributed by atoms with van der Waals surface area (Å²) in [5, 5.41) is 15.5. The zero-order valence-corrected chi connectivity index (χ0v) is 13.2. The summed E-state index contributed by atoms with van der Waals surface area (Å²) in [7, 11) is 0. The van der Waals surface area contributed by atoms with Gasteiger partial charge in [0.25, 0.3) is 5.69 Å². The molecule has 0 atom stereocenters. The molecule has 128 valence electrons. The van der Waals surface area contributed by atoms with E-state index in [-0.39, 0.29) is 17.3 Å². The molecular weight excluding hydrogens is 329 g/mol. The molecule has 0 fully saturated rings. The molecule has 2 rings (SSSR count). The molecule has 0 bridgehead atoms. The Kier molecular flexibility index (Phi) is 5.57. The van der Waals surface area contributed by atoms with Crippen LogP contribution in [-0.2, 0) is 9.59 Å². The number of hydrogen-bond donors (Lipinski definition) is 2. The Morgan fingerprint density at radius 1 is 1.16 bits per heavy atom. The second-order valence-electron chi connectivity index (χ2n) is 5.05. The van der Waals surface area contributed by atoms with E-state index in [0.717, 1.165) is 12.1 Å². The van der Waals surface area contributed by atoms with Gasteiger partial charge in [0.2, 0.25) is 11.8 Å². The largest absolute Gasteiger partial charge is 0.326 e. The lowest BCUT2D eigenvalue weighted by molar-refractivity contribution is -0.384. The molecule has 0 saturated heterocycles. The highest BCUT2D eigenvalue weighted by atomic mass is 19.1. The van der Waals surface area contributed by atoms with Gasteiger partial charge in [-0.05, 0) is 29.8 Å². The minimum Gasteiger partial charge on any atom is -0.326 e. The SMILES string of the molecule is CC(=O)Nc1ccc(F)c(NC(=O)/C=C/c2cccc([N+](=O)[O-])c2)c1. The highest BCUT2D eigenvalue weighted by molar-refractivity contribution is 6.02. The molecule has 0 aliphatic rings. The van der Waals surface area contributed by atoms with Crippen LogP contribution in [0.25, 0.3) is 6.08 Å². The van der Waals surface area contributed by atoms with Gasteiger partial charge in [-0.1, -0.05) is 12.1 Å². The second kappa shape index (κ2) is 7.82. The normalized spacial score (nSPS) is 10.5. The highest BCUT2D eigenvalue weighted by Gasteiger charge is 2.08. The number of halogens is 1. The van der Waals surface area contributed by atoms with E-state index in [1.165, 1.54) is 43.3 Å². The number of carbonyl (C=O) groups is 2. The molecular formula is C17H14FN3O4. The van der Waals surface area contributed by atoms with Gasteiger partial charge in [-0.25, -0.2) is 4.39 Å². The van der Waals surface area contributed by atoms with Crippen molar-refractivity contribution in [1.82, 2.24) is 0 Å². The number of hydrogen-bond acceptors (Lipinski definition) is 4. The van der Waals surface area contributed by atoms with Crippen LogP contribution in [0, 0.1) is 15.9 Å². The summed E-state index contributed by atoms with van der Waals surface area (Å²) < 4.78 is 13.7. The summed E-state index contributed by atoms with van der Waals surface area (Å²) in [5.74, 6) is -1.61. The maximum Gasteiger partial charge on any atom is 0.270 e. The van der Waals surface area contributed by atoms with Crippen LogP contribution in [0.15, 0.2) is 48.5 Å². The predicted molar refractivity (Wildman–Crippen MR) is 91.5 cm³/mol. The fourth-order valence-corrected chi connectivity index (χ4v) is 1.99. The van der Waals surface area contributed by atoms with Crippen LogP contribution >= 0.6 is 0 Å². The van der Waals surface area contributed by atoms with E-state index in [9.17, 15) is 24.1 Å². The third kappa shape index (κ3) is 5.24. The summed E-state index contributed by atoms with van der Waals surface area (Å²) in [6.07, 6.45) is 2.50. The molecule has 2 N–H and O–H groups in total. The van der Waals surface area contributed by atoms with Gasteiger partial charge in [0.05, 0.1) is 10.6 Å². The second-order valence-corrected chi connectivity index (χ2v) is 5.05. The summed E-state index contributed by atoms with van der Waals surface area (Å²) in [5.41, 5.74) is 0.597. The third-order valence-corrected chi connectivity index (χ3v) is 3.05. The van der Waals surface area contributed by atoms with Crippen molar-refractivity contribution in [2.45, 2.75) is 6.92 Å². The number of non-ortho nitro benzene ring substituents is 1. The van der Waals surface area contributed by atoms with Crippen molar-refractivity contribution in [2.24, 2.45) is 0 Å². The summed E-state index contributed by atoms with van der Waals surface area (Å²) in [4.78, 5) is 33.1. The molecule has 0 aliphatic heterocycles. The molecule has 7 nitrogen and oxygen atoms in total. The van der Waals surface area contributed by atoms with Crippen molar-refractivity contribution in [3.63, 3.8) is 0 Å². The number of carbonyl (C=O) groups excluding carboxylic acids is 2. The predicted octanol–water partition coefficient (Wildman–Crippen LogP) is 3.34. The first-order valence-electron chi connectivity index (χ1n) is 7.16. The lowest BCUT2D eigenvalue weighted by Gasteiger charge is -2.07. The van der Waals surface area contributed by atoms with Crippen LogP contribution in [0.5, 0.6) is 0 Å². The molecule has 25 heavy (non-hydrogen) atoms. The van der Waals surface area contributed by atoms with Gasteiger partial charge in [0.1, 0.15) is 5.82 Å². The van der Waals surface area contributed by atoms with Crippen molar-refractivity contribution >= 4 is 35.0 Å². The van der Waals surface area contributed by atoms with E-state index in [1.807, 2.05) is 0 Å². The fraction of sp³-hybridized carbons (Fsp3) is 0.0588. The average molecular weight is 343 g/mol. The fourth-order valence-electron chi connectivity index (χ4n) is 1.99. The van der Waals surface area contributed by atoms with Gasteiger partial charge in [-0.2, -0.15) is 0 Å². The van der Waals surface area contributed by atoms with Crippen LogP contribution in [0.3, 0.4) is 0 Å². The van der Waals surface area contributed by atoms with Gasteiger partial charge in [-0.3, -0.25) is 19.7 Å². The maximum absolute atomic E-state index is 13.7. The molecule has 2 aromatic carbocycles. The number of benzene rings is 2. The summed E-state index contributed by atoms with van der Waals surface area (Å²) in [6, 6.07) is 9.50. The Bertz CT molecular complexity index is 865. The quantitative estimate of drug-likeness (QED) is 0.494. The Labute approximate surface area is 142 Å². The minimum atomic E-state index is -0.661. The van der Waals surface area contributed by atoms with Crippen molar-refractivity contribution in [3.05, 3.63) is 70.0 Å². The van der Waals surface area contributed by atoms with E-state index in [2.05, 4.69) is 10.6 Å². The molecule has 0 unspecified atom stereocenters. The average Bonchev–Trinajstić information content (AvgIpc) is 2.56. The third-order valence-electron chi connectivity index (χ3n) is 3.05. The minimum absolute atomic E-state index is 0.0973. The zero-order valence-electron chi connectivity index (χ0n) is 13.2. The van der Waals surface area contributed by atoms with Crippen molar-refractivity contribution in [3.8, 4) is 0 Å². The Balaban J connectivity index is 2.10. The molecule has 2 aromatic rings. The van der Waals surface area contributed by atoms with E-state index in [0.29, 0.717) is 11.3 Å². The molecule has 8 heteroatoms. The van der Waals surface area contributed by atoms with Crippen molar-refractivity contribution in [2.75, 3.05) is 10.6 Å². The lowest BCUT2D eigenvalue weighted by atomic mass is 10.2. The number of rotatable bonds is 5. The summed E-state index contributed by atoms with van der Waals surface area (Å²) in [6.45, 7) is 1.31. The van der Waals surface area contributed by atoms with Crippen molar-refractivity contribution < 1.29 is 18.9 Å². The molecule has 0 saturated carbocycles. The van der Waals surface area contributed by atoms with Gasteiger partial charge in [0, 0.05) is 30.8 Å². The lowest BCUT2D eigenvalue weighted by Crippen LogP contribution is -2.11. The van der Waals surface area contributed by atoms with Crippen LogP contribution in [0.4, 0.5) is 21.5 Å². The highest BCUT2D eigenvalue weighted by Crippen LogP contribution is 2.20. The van der Waals surface area contributed by atoms with Crippen LogP contribution in [0.1, 0.15) is 12.5 Å². The number of nitrogens with one attached hydrogen (secondary N) is 2. The summed E-state index contributed by atoms with van der Waals surface area (Å²) >= 11 is 0. The topological polar surface area (TPSA) is 101 Å². The van der Waals surface area contributed by atoms with Crippen LogP contribution in [0.2, 0.25) is 0 Å². The maximum atomic E-state index is 13.7. The molecule has 0 aliphatic carbocycles. The zero-order chi connectivity index (χ0) is 18.4. The first-order chi connectivity index (χ1) is 11.8. The van der Waals surface area contributed by atoms with E-state index in [1.54, 1.807) is 6.07 Å². The number of anilines is 2. The van der Waals surface area contributed by atoms with Crippen LogP contribution < -0.4 is 10.6 Å².